The SMILES string of the molecule is CC1CN2c3c(cc4c(N5C(=O)OCC5C5N=CC=CN5C)noc4c3F)CC3(C(=O)NC(=O)NC3=O)C2C(C)O1. The molecule has 1 spiro atoms. The normalized spacial score (nSPS) is 30.4. The van der Waals surface area contributed by atoms with E-state index in [1.54, 1.807) is 50.4 Å². The Bertz CT molecular complexity index is 1570. The fourth-order valence-electron chi connectivity index (χ4n) is 6.89. The number of rotatable bonds is 2. The lowest BCUT2D eigenvalue weighted by Gasteiger charge is -2.55. The minimum atomic E-state index is -1.79. The maximum Gasteiger partial charge on any atom is 0.416 e. The van der Waals surface area contributed by atoms with Crippen molar-refractivity contribution < 1.29 is 37.6 Å². The second kappa shape index (κ2) is 8.73. The zero-order valence-corrected chi connectivity index (χ0v) is 22.3. The number of hydrogen-bond donors (Lipinski definition) is 2. The Morgan fingerprint density at radius 1 is 1.15 bits per heavy atom. The average molecular weight is 568 g/mol. The Balaban J connectivity index is 1.39. The number of nitrogens with one attached hydrogen (secondary N) is 2. The van der Waals surface area contributed by atoms with Gasteiger partial charge in [0.25, 0.3) is 0 Å². The number of halogens is 1. The number of allylic oxidation sites excluding steroid dienone is 1. The zero-order chi connectivity index (χ0) is 28.8. The summed E-state index contributed by atoms with van der Waals surface area (Å²) in [4.78, 5) is 61.1. The van der Waals surface area contributed by atoms with Gasteiger partial charge in [-0.2, -0.15) is 0 Å². The summed E-state index contributed by atoms with van der Waals surface area (Å²) in [7, 11) is 1.81. The van der Waals surface area contributed by atoms with Crippen LogP contribution in [0, 0.1) is 11.2 Å². The van der Waals surface area contributed by atoms with Crippen molar-refractivity contribution in [3.8, 4) is 0 Å². The van der Waals surface area contributed by atoms with E-state index in [1.807, 2.05) is 4.90 Å². The van der Waals surface area contributed by atoms with Crippen molar-refractivity contribution in [1.82, 2.24) is 20.7 Å². The summed E-state index contributed by atoms with van der Waals surface area (Å²) in [5.74, 6) is -2.31. The van der Waals surface area contributed by atoms with Gasteiger partial charge in [-0.15, -0.1) is 0 Å². The van der Waals surface area contributed by atoms with E-state index in [9.17, 15) is 19.2 Å². The van der Waals surface area contributed by atoms with Gasteiger partial charge in [-0.25, -0.2) is 18.9 Å². The molecule has 6 heterocycles. The molecule has 0 aliphatic carbocycles. The number of urea groups is 1. The molecular formula is C26H26FN7O7. The number of morpholine rings is 1. The van der Waals surface area contributed by atoms with Crippen LogP contribution in [0.15, 0.2) is 27.9 Å². The molecule has 2 N–H and O–H groups in total. The maximum atomic E-state index is 16.5. The summed E-state index contributed by atoms with van der Waals surface area (Å²) < 4.78 is 33.3. The molecule has 5 unspecified atom stereocenters. The number of benzene rings is 1. The Morgan fingerprint density at radius 3 is 2.63 bits per heavy atom. The molecule has 5 atom stereocenters. The molecule has 0 radical (unpaired) electrons. The first-order chi connectivity index (χ1) is 19.6. The molecule has 5 aliphatic heterocycles. The van der Waals surface area contributed by atoms with E-state index in [0.29, 0.717) is 5.56 Å². The van der Waals surface area contributed by atoms with E-state index in [-0.39, 0.29) is 48.2 Å². The quantitative estimate of drug-likeness (QED) is 0.502. The van der Waals surface area contributed by atoms with Crippen LogP contribution in [0.25, 0.3) is 11.0 Å². The molecular weight excluding hydrogens is 541 g/mol. The third-order valence-corrected chi connectivity index (χ3v) is 8.49. The fraction of sp³-hybridized carbons (Fsp3) is 0.462. The fourth-order valence-corrected chi connectivity index (χ4v) is 6.89. The number of amides is 5. The van der Waals surface area contributed by atoms with Gasteiger partial charge < -0.3 is 23.8 Å². The first kappa shape index (κ1) is 25.4. The highest BCUT2D eigenvalue weighted by Crippen LogP contribution is 2.50. The molecule has 41 heavy (non-hydrogen) atoms. The molecule has 5 amide bonds. The van der Waals surface area contributed by atoms with Crippen LogP contribution < -0.4 is 20.4 Å². The van der Waals surface area contributed by atoms with Crippen molar-refractivity contribution in [3.05, 3.63) is 29.7 Å². The van der Waals surface area contributed by atoms with Gasteiger partial charge in [0.1, 0.15) is 18.8 Å². The minimum Gasteiger partial charge on any atom is -0.447 e. The zero-order valence-electron chi connectivity index (χ0n) is 22.3. The van der Waals surface area contributed by atoms with Crippen LogP contribution in [0.4, 0.5) is 25.5 Å². The van der Waals surface area contributed by atoms with Gasteiger partial charge in [-0.05, 0) is 31.6 Å². The summed E-state index contributed by atoms with van der Waals surface area (Å²) in [6.45, 7) is 3.70. The molecule has 0 saturated carbocycles. The van der Waals surface area contributed by atoms with E-state index >= 15 is 4.39 Å². The number of nitrogens with zero attached hydrogens (tertiary/aromatic N) is 5. The lowest BCUT2D eigenvalue weighted by Crippen LogP contribution is -2.75. The smallest absolute Gasteiger partial charge is 0.416 e. The van der Waals surface area contributed by atoms with E-state index in [1.165, 1.54) is 4.90 Å². The minimum absolute atomic E-state index is 0.0174. The largest absolute Gasteiger partial charge is 0.447 e. The lowest BCUT2D eigenvalue weighted by molar-refractivity contribution is -0.153. The topological polar surface area (TPSA) is 159 Å². The number of cyclic esters (lactones) is 1. The van der Waals surface area contributed by atoms with Crippen molar-refractivity contribution in [3.63, 3.8) is 0 Å². The first-order valence-electron chi connectivity index (χ1n) is 13.2. The van der Waals surface area contributed by atoms with E-state index in [4.69, 9.17) is 14.0 Å². The maximum absolute atomic E-state index is 16.5. The van der Waals surface area contributed by atoms with Crippen LogP contribution in [-0.2, 0) is 25.5 Å². The van der Waals surface area contributed by atoms with Crippen LogP contribution in [0.1, 0.15) is 19.4 Å². The van der Waals surface area contributed by atoms with Crippen molar-refractivity contribution in [2.45, 2.75) is 50.7 Å². The van der Waals surface area contributed by atoms with Crippen molar-refractivity contribution in [2.75, 3.05) is 30.0 Å². The van der Waals surface area contributed by atoms with E-state index in [2.05, 4.69) is 20.8 Å². The number of barbiturate groups is 1. The average Bonchev–Trinajstić information content (AvgIpc) is 3.50. The van der Waals surface area contributed by atoms with Crippen LogP contribution in [0.2, 0.25) is 0 Å². The summed E-state index contributed by atoms with van der Waals surface area (Å²) in [6.07, 6.45) is 2.73. The first-order valence-corrected chi connectivity index (χ1v) is 13.2. The number of aromatic nitrogens is 1. The van der Waals surface area contributed by atoms with Gasteiger partial charge in [0.15, 0.2) is 17.1 Å². The number of anilines is 2. The number of carbonyl (C=O) groups excluding carboxylic acids is 4. The summed E-state index contributed by atoms with van der Waals surface area (Å²) in [5.41, 5.74) is -1.51. The number of hydrogen-bond acceptors (Lipinski definition) is 11. The van der Waals surface area contributed by atoms with Crippen molar-refractivity contribution in [2.24, 2.45) is 10.4 Å². The molecule has 1 aromatic carbocycles. The number of imide groups is 2. The molecule has 14 nitrogen and oxygen atoms in total. The van der Waals surface area contributed by atoms with Gasteiger partial charge in [-0.1, -0.05) is 5.16 Å². The Hall–Kier alpha value is -4.53. The van der Waals surface area contributed by atoms with E-state index < -0.39 is 59.5 Å². The molecule has 1 aromatic heterocycles. The molecule has 7 rings (SSSR count). The molecule has 214 valence electrons. The highest BCUT2D eigenvalue weighted by molar-refractivity contribution is 6.20. The van der Waals surface area contributed by atoms with Gasteiger partial charge in [-0.3, -0.25) is 25.2 Å². The molecule has 15 heteroatoms. The number of carbonyl (C=O) groups is 4. The lowest BCUT2D eigenvalue weighted by atomic mass is 9.66. The molecule has 2 aromatic rings. The number of aliphatic imine (C=N–C) groups is 1. The second-order valence-corrected chi connectivity index (χ2v) is 10.9. The van der Waals surface area contributed by atoms with Crippen LogP contribution in [0.5, 0.6) is 0 Å². The Kier molecular flexibility index (Phi) is 5.42. The molecule has 0 bridgehead atoms. The predicted octanol–water partition coefficient (Wildman–Crippen LogP) is 1.04. The molecule has 3 saturated heterocycles. The summed E-state index contributed by atoms with van der Waals surface area (Å²) in [6, 6.07) is -0.860. The van der Waals surface area contributed by atoms with Crippen molar-refractivity contribution in [1.29, 1.82) is 0 Å². The standard InChI is InChI=1S/C26H26FN7O7/c1-11-9-33-17-13(8-26(19(33)12(2)40-11)22(35)29-24(37)30-23(26)36)7-14-18(16(17)27)41-31-20(14)34-15(10-39-25(34)38)21-28-5-4-6-32(21)3/h4-7,11-12,15,19,21H,8-10H2,1-3H3,(H2,29,30,35,36,37). The second-order valence-electron chi connectivity index (χ2n) is 10.9. The van der Waals surface area contributed by atoms with Gasteiger partial charge in [0.2, 0.25) is 17.4 Å². The predicted molar refractivity (Wildman–Crippen MR) is 140 cm³/mol. The van der Waals surface area contributed by atoms with E-state index in [0.717, 1.165) is 0 Å². The van der Waals surface area contributed by atoms with Gasteiger partial charge in [0.05, 0.1) is 29.3 Å². The van der Waals surface area contributed by atoms with Crippen LogP contribution in [-0.4, -0.2) is 90.9 Å². The number of likely N-dealkylation sites (N-methyl/N-ethyl adjacent to an activating group) is 1. The highest BCUT2D eigenvalue weighted by Gasteiger charge is 2.63. The summed E-state index contributed by atoms with van der Waals surface area (Å²) >= 11 is 0. The Labute approximate surface area is 232 Å². The third-order valence-electron chi connectivity index (χ3n) is 8.49. The van der Waals surface area contributed by atoms with Crippen LogP contribution in [0.3, 0.4) is 0 Å². The Morgan fingerprint density at radius 2 is 1.90 bits per heavy atom. The van der Waals surface area contributed by atoms with Crippen LogP contribution >= 0.6 is 0 Å². The molecule has 3 fully saturated rings. The molecule has 5 aliphatic rings. The third kappa shape index (κ3) is 3.44. The highest BCUT2D eigenvalue weighted by atomic mass is 19.1. The monoisotopic (exact) mass is 567 g/mol. The number of fused-ring (bicyclic) bond motifs is 5. The number of ether oxygens (including phenoxy) is 2. The van der Waals surface area contributed by atoms with Crippen molar-refractivity contribution >= 4 is 52.6 Å². The van der Waals surface area contributed by atoms with Gasteiger partial charge >= 0.3 is 12.1 Å². The summed E-state index contributed by atoms with van der Waals surface area (Å²) in [5, 5.41) is 8.67. The van der Waals surface area contributed by atoms with Gasteiger partial charge in [0, 0.05) is 32.4 Å².